The van der Waals surface area contributed by atoms with E-state index in [0.717, 1.165) is 30.4 Å². The van der Waals surface area contributed by atoms with Crippen molar-refractivity contribution in [2.24, 2.45) is 4.99 Å². The molecule has 0 spiro atoms. The highest BCUT2D eigenvalue weighted by molar-refractivity contribution is 6.16. The Labute approximate surface area is 143 Å². The van der Waals surface area contributed by atoms with Gasteiger partial charge in [0.1, 0.15) is 12.3 Å². The first kappa shape index (κ1) is 17.5. The lowest BCUT2D eigenvalue weighted by atomic mass is 10.1. The number of hydrogen-bond acceptors (Lipinski definition) is 2. The molecular formula is C21H21NO2. The van der Waals surface area contributed by atoms with E-state index in [1.54, 1.807) is 0 Å². The van der Waals surface area contributed by atoms with Gasteiger partial charge in [-0.2, -0.15) is 4.99 Å². The van der Waals surface area contributed by atoms with E-state index in [2.05, 4.69) is 23.8 Å². The van der Waals surface area contributed by atoms with E-state index >= 15 is 0 Å². The smallest absolute Gasteiger partial charge is 0.435 e. The topological polar surface area (TPSA) is 38.7 Å². The Balaban J connectivity index is 2.08. The van der Waals surface area contributed by atoms with Gasteiger partial charge in [-0.05, 0) is 17.9 Å². The number of unbranched alkanes of at least 4 members (excludes halogenated alkanes) is 2. The van der Waals surface area contributed by atoms with E-state index in [4.69, 9.17) is 4.74 Å². The van der Waals surface area contributed by atoms with Gasteiger partial charge in [0.2, 0.25) is 0 Å². The quantitative estimate of drug-likeness (QED) is 0.441. The van der Waals surface area contributed by atoms with Crippen LogP contribution in [0.5, 0.6) is 0 Å². The number of amides is 1. The van der Waals surface area contributed by atoms with Gasteiger partial charge in [0.05, 0.1) is 0 Å². The molecule has 0 aromatic heterocycles. The number of carbonyl (C=O) groups excluding carboxylic acids is 1. The zero-order valence-corrected chi connectivity index (χ0v) is 13.9. The summed E-state index contributed by atoms with van der Waals surface area (Å²) in [7, 11) is 0. The molecule has 2 rings (SSSR count). The lowest BCUT2D eigenvalue weighted by molar-refractivity contribution is 0.151. The molecule has 3 heteroatoms. The van der Waals surface area contributed by atoms with Crippen molar-refractivity contribution < 1.29 is 9.53 Å². The number of carbonyl (C=O) groups is 1. The van der Waals surface area contributed by atoms with Crippen LogP contribution in [0.4, 0.5) is 4.79 Å². The summed E-state index contributed by atoms with van der Waals surface area (Å²) < 4.78 is 5.21. The summed E-state index contributed by atoms with van der Waals surface area (Å²) in [5, 5.41) is 0. The molecule has 0 N–H and O–H groups in total. The summed E-state index contributed by atoms with van der Waals surface area (Å²) >= 11 is 0. The third-order valence-electron chi connectivity index (χ3n) is 3.32. The molecule has 24 heavy (non-hydrogen) atoms. The monoisotopic (exact) mass is 319 g/mol. The van der Waals surface area contributed by atoms with Gasteiger partial charge in [-0.15, -0.1) is 0 Å². The van der Waals surface area contributed by atoms with Gasteiger partial charge in [0.25, 0.3) is 0 Å². The molecular weight excluding hydrogens is 298 g/mol. The van der Waals surface area contributed by atoms with Crippen LogP contribution in [0.25, 0.3) is 0 Å². The predicted octanol–water partition coefficient (Wildman–Crippen LogP) is 5.01. The zero-order valence-electron chi connectivity index (χ0n) is 13.9. The molecule has 122 valence electrons. The lowest BCUT2D eigenvalue weighted by Gasteiger charge is -2.03. The third-order valence-corrected chi connectivity index (χ3v) is 3.32. The van der Waals surface area contributed by atoms with Gasteiger partial charge in [-0.1, -0.05) is 79.9 Å². The standard InChI is InChI=1S/C21H21NO2/c1-2-3-4-11-16-20(19-14-9-6-10-15-19)22-21(23)24-17-18-12-7-5-8-13-18/h5-10,12-15H,2-4,17H2,1H3/b22-20+. The SMILES string of the molecule is CCCCC#C/C(=N\C(=O)OCc1ccccc1)c1ccccc1. The van der Waals surface area contributed by atoms with E-state index in [1.165, 1.54) is 0 Å². The zero-order chi connectivity index (χ0) is 17.0. The van der Waals surface area contributed by atoms with E-state index in [1.807, 2.05) is 60.7 Å². The first-order chi connectivity index (χ1) is 11.8. The van der Waals surface area contributed by atoms with Gasteiger partial charge in [-0.3, -0.25) is 0 Å². The Morgan fingerprint density at radius 3 is 2.38 bits per heavy atom. The van der Waals surface area contributed by atoms with Crippen molar-refractivity contribution in [3.8, 4) is 11.8 Å². The van der Waals surface area contributed by atoms with Crippen molar-refractivity contribution in [2.45, 2.75) is 32.8 Å². The molecule has 3 nitrogen and oxygen atoms in total. The number of hydrogen-bond donors (Lipinski definition) is 0. The van der Waals surface area contributed by atoms with Crippen LogP contribution in [0.3, 0.4) is 0 Å². The minimum absolute atomic E-state index is 0.203. The Bertz CT molecular complexity index is 725. The fourth-order valence-corrected chi connectivity index (χ4v) is 2.01. The number of rotatable bonds is 5. The predicted molar refractivity (Wildman–Crippen MR) is 96.9 cm³/mol. The number of ether oxygens (including phenoxy) is 1. The molecule has 0 aliphatic heterocycles. The Kier molecular flexibility index (Phi) is 7.30. The van der Waals surface area contributed by atoms with Crippen molar-refractivity contribution >= 4 is 11.8 Å². The second kappa shape index (κ2) is 10.0. The molecule has 0 atom stereocenters. The second-order valence-corrected chi connectivity index (χ2v) is 5.27. The van der Waals surface area contributed by atoms with Gasteiger partial charge in [-0.25, -0.2) is 4.79 Å². The first-order valence-corrected chi connectivity index (χ1v) is 8.13. The highest BCUT2D eigenvalue weighted by atomic mass is 16.5. The Morgan fingerprint density at radius 1 is 1.04 bits per heavy atom. The number of nitrogens with zero attached hydrogens (tertiary/aromatic N) is 1. The minimum Gasteiger partial charge on any atom is -0.443 e. The van der Waals surface area contributed by atoms with Crippen LogP contribution in [0.2, 0.25) is 0 Å². The van der Waals surface area contributed by atoms with Crippen molar-refractivity contribution in [1.29, 1.82) is 0 Å². The maximum Gasteiger partial charge on any atom is 0.435 e. The molecule has 1 amide bonds. The summed E-state index contributed by atoms with van der Waals surface area (Å²) in [6.45, 7) is 2.32. The van der Waals surface area contributed by atoms with Crippen LogP contribution in [0, 0.1) is 11.8 Å². The fourth-order valence-electron chi connectivity index (χ4n) is 2.01. The number of benzene rings is 2. The molecule has 0 heterocycles. The highest BCUT2D eigenvalue weighted by Gasteiger charge is 2.06. The molecule has 0 unspecified atom stereocenters. The highest BCUT2D eigenvalue weighted by Crippen LogP contribution is 2.05. The van der Waals surface area contributed by atoms with E-state index in [9.17, 15) is 4.79 Å². The van der Waals surface area contributed by atoms with Crippen LogP contribution in [-0.2, 0) is 11.3 Å². The van der Waals surface area contributed by atoms with Crippen molar-refractivity contribution in [3.63, 3.8) is 0 Å². The maximum atomic E-state index is 12.0. The summed E-state index contributed by atoms with van der Waals surface area (Å²) in [6.07, 6.45) is 2.29. The van der Waals surface area contributed by atoms with E-state index in [0.29, 0.717) is 5.71 Å². The molecule has 2 aromatic carbocycles. The second-order valence-electron chi connectivity index (χ2n) is 5.27. The Hall–Kier alpha value is -2.86. The molecule has 0 aliphatic rings. The Morgan fingerprint density at radius 2 is 1.71 bits per heavy atom. The van der Waals surface area contributed by atoms with E-state index < -0.39 is 6.09 Å². The molecule has 0 aliphatic carbocycles. The van der Waals surface area contributed by atoms with Crippen LogP contribution in [-0.4, -0.2) is 11.8 Å². The van der Waals surface area contributed by atoms with Gasteiger partial charge in [0, 0.05) is 12.0 Å². The average Bonchev–Trinajstić information content (AvgIpc) is 2.64. The molecule has 0 bridgehead atoms. The van der Waals surface area contributed by atoms with Gasteiger partial charge in [0.15, 0.2) is 0 Å². The summed E-state index contributed by atoms with van der Waals surface area (Å²) in [5.41, 5.74) is 2.19. The van der Waals surface area contributed by atoms with Gasteiger partial charge >= 0.3 is 6.09 Å². The average molecular weight is 319 g/mol. The summed E-state index contributed by atoms with van der Waals surface area (Å²) in [4.78, 5) is 16.1. The molecule has 0 radical (unpaired) electrons. The van der Waals surface area contributed by atoms with Crippen molar-refractivity contribution in [3.05, 3.63) is 71.8 Å². The molecule has 0 saturated carbocycles. The van der Waals surface area contributed by atoms with Crippen LogP contribution in [0.15, 0.2) is 65.7 Å². The molecule has 0 fully saturated rings. The molecule has 2 aromatic rings. The van der Waals surface area contributed by atoms with Crippen molar-refractivity contribution in [1.82, 2.24) is 0 Å². The molecule has 0 saturated heterocycles. The normalized spacial score (nSPS) is 10.6. The minimum atomic E-state index is -0.623. The van der Waals surface area contributed by atoms with Crippen LogP contribution in [0.1, 0.15) is 37.3 Å². The lowest BCUT2D eigenvalue weighted by Crippen LogP contribution is -2.05. The fraction of sp³-hybridized carbons (Fsp3) is 0.238. The van der Waals surface area contributed by atoms with Crippen LogP contribution >= 0.6 is 0 Å². The van der Waals surface area contributed by atoms with Crippen LogP contribution < -0.4 is 0 Å². The summed E-state index contributed by atoms with van der Waals surface area (Å²) in [6, 6.07) is 19.0. The maximum absolute atomic E-state index is 12.0. The van der Waals surface area contributed by atoms with E-state index in [-0.39, 0.29) is 6.61 Å². The first-order valence-electron chi connectivity index (χ1n) is 8.13. The van der Waals surface area contributed by atoms with Gasteiger partial charge < -0.3 is 4.74 Å². The summed E-state index contributed by atoms with van der Waals surface area (Å²) in [5.74, 6) is 6.07. The number of aliphatic imine (C=N–C) groups is 1. The third kappa shape index (κ3) is 6.10. The largest absolute Gasteiger partial charge is 0.443 e. The van der Waals surface area contributed by atoms with Crippen molar-refractivity contribution in [2.75, 3.05) is 0 Å².